The zero-order chi connectivity index (χ0) is 17.9. The van der Waals surface area contributed by atoms with Crippen LogP contribution in [0.1, 0.15) is 35.8 Å². The average Bonchev–Trinajstić information content (AvgIpc) is 3.05. The summed E-state index contributed by atoms with van der Waals surface area (Å²) in [6.07, 6.45) is 8.80. The van der Waals surface area contributed by atoms with Crippen LogP contribution in [0.25, 0.3) is 16.3 Å². The number of aromatic nitrogens is 2. The van der Waals surface area contributed by atoms with Gasteiger partial charge in [-0.1, -0.05) is 54.2 Å². The van der Waals surface area contributed by atoms with Crippen LogP contribution in [-0.4, -0.2) is 15.3 Å². The summed E-state index contributed by atoms with van der Waals surface area (Å²) in [5.74, 6) is 0.804. The number of rotatable bonds is 5. The Bertz CT molecular complexity index is 1000. The lowest BCUT2D eigenvalue weighted by Crippen LogP contribution is -2.23. The number of hydrogen-bond donors (Lipinski definition) is 0. The molecule has 0 atom stereocenters. The second kappa shape index (κ2) is 7.80. The van der Waals surface area contributed by atoms with Gasteiger partial charge in [-0.05, 0) is 43.7 Å². The third kappa shape index (κ3) is 3.38. The van der Waals surface area contributed by atoms with E-state index in [9.17, 15) is 4.79 Å². The Labute approximate surface area is 161 Å². The van der Waals surface area contributed by atoms with Crippen LogP contribution in [0.4, 0.5) is 0 Å². The van der Waals surface area contributed by atoms with Crippen molar-refractivity contribution in [3.8, 4) is 0 Å². The maximum absolute atomic E-state index is 13.1. The Morgan fingerprint density at radius 3 is 2.85 bits per heavy atom. The summed E-state index contributed by atoms with van der Waals surface area (Å²) in [7, 11) is 0. The SMILES string of the molecule is CCn1c(SC/C=C/c2ccccc2)nc2sc3c(c2c1=O)CCCC3. The minimum atomic E-state index is 0.145. The fraction of sp³-hybridized carbons (Fsp3) is 0.333. The lowest BCUT2D eigenvalue weighted by molar-refractivity contribution is 0.634. The Hall–Kier alpha value is -1.85. The van der Waals surface area contributed by atoms with Gasteiger partial charge in [0, 0.05) is 17.2 Å². The Kier molecular flexibility index (Phi) is 5.27. The molecule has 0 radical (unpaired) electrons. The third-order valence-corrected chi connectivity index (χ3v) is 6.89. The fourth-order valence-electron chi connectivity index (χ4n) is 3.48. The second-order valence-corrected chi connectivity index (χ2v) is 8.53. The normalized spacial score (nSPS) is 14.2. The first-order chi connectivity index (χ1) is 12.8. The van der Waals surface area contributed by atoms with Crippen molar-refractivity contribution >= 4 is 39.4 Å². The predicted octanol–water partition coefficient (Wildman–Crippen LogP) is 5.16. The quantitative estimate of drug-likeness (QED) is 0.451. The molecule has 3 aromatic rings. The molecule has 2 heterocycles. The molecule has 0 saturated heterocycles. The molecular formula is C21H22N2OS2. The molecule has 0 amide bonds. The Balaban J connectivity index is 1.62. The highest BCUT2D eigenvalue weighted by Crippen LogP contribution is 2.34. The largest absolute Gasteiger partial charge is 0.287 e. The predicted molar refractivity (Wildman–Crippen MR) is 112 cm³/mol. The number of fused-ring (bicyclic) bond motifs is 3. The van der Waals surface area contributed by atoms with Gasteiger partial charge in [-0.25, -0.2) is 4.98 Å². The molecule has 0 unspecified atom stereocenters. The fourth-order valence-corrected chi connectivity index (χ4v) is 5.65. The molecule has 0 fully saturated rings. The minimum absolute atomic E-state index is 0.145. The van der Waals surface area contributed by atoms with Crippen LogP contribution in [0.5, 0.6) is 0 Å². The molecule has 26 heavy (non-hydrogen) atoms. The Morgan fingerprint density at radius 1 is 1.23 bits per heavy atom. The molecule has 1 aliphatic rings. The van der Waals surface area contributed by atoms with E-state index in [0.29, 0.717) is 6.54 Å². The van der Waals surface area contributed by atoms with Crippen LogP contribution in [0.2, 0.25) is 0 Å². The van der Waals surface area contributed by atoms with E-state index in [2.05, 4.69) is 24.3 Å². The molecule has 5 heteroatoms. The zero-order valence-corrected chi connectivity index (χ0v) is 16.5. The van der Waals surface area contributed by atoms with Crippen molar-refractivity contribution in [2.24, 2.45) is 0 Å². The van der Waals surface area contributed by atoms with Crippen molar-refractivity contribution in [2.75, 3.05) is 5.75 Å². The minimum Gasteiger partial charge on any atom is -0.287 e. The van der Waals surface area contributed by atoms with E-state index in [4.69, 9.17) is 4.98 Å². The van der Waals surface area contributed by atoms with Crippen LogP contribution < -0.4 is 5.56 Å². The summed E-state index contributed by atoms with van der Waals surface area (Å²) in [5, 5.41) is 1.72. The highest BCUT2D eigenvalue weighted by molar-refractivity contribution is 7.99. The van der Waals surface area contributed by atoms with Gasteiger partial charge in [-0.2, -0.15) is 0 Å². The first kappa shape index (κ1) is 17.6. The van der Waals surface area contributed by atoms with Crippen molar-refractivity contribution in [2.45, 2.75) is 44.3 Å². The molecule has 3 nitrogen and oxygen atoms in total. The van der Waals surface area contributed by atoms with Gasteiger partial charge >= 0.3 is 0 Å². The molecule has 134 valence electrons. The van der Waals surface area contributed by atoms with E-state index in [0.717, 1.165) is 34.0 Å². The van der Waals surface area contributed by atoms with E-state index >= 15 is 0 Å². The van der Waals surface area contributed by atoms with Crippen molar-refractivity contribution in [1.82, 2.24) is 9.55 Å². The van der Waals surface area contributed by atoms with Gasteiger partial charge in [-0.15, -0.1) is 11.3 Å². The standard InChI is InChI=1S/C21H22N2OS2/c1-2-23-20(24)18-16-12-6-7-13-17(16)26-19(18)22-21(23)25-14-8-11-15-9-4-3-5-10-15/h3-5,8-11H,2,6-7,12-14H2,1H3/b11-8+. The van der Waals surface area contributed by atoms with Crippen LogP contribution in [-0.2, 0) is 19.4 Å². The first-order valence-corrected chi connectivity index (χ1v) is 11.0. The van der Waals surface area contributed by atoms with Gasteiger partial charge < -0.3 is 0 Å². The summed E-state index contributed by atoms with van der Waals surface area (Å²) in [6, 6.07) is 10.3. The molecular weight excluding hydrogens is 360 g/mol. The number of aryl methyl sites for hydroxylation is 2. The summed E-state index contributed by atoms with van der Waals surface area (Å²) in [6.45, 7) is 2.69. The molecule has 2 aromatic heterocycles. The van der Waals surface area contributed by atoms with Crippen molar-refractivity contribution in [3.05, 3.63) is 62.8 Å². The summed E-state index contributed by atoms with van der Waals surface area (Å²) < 4.78 is 1.84. The van der Waals surface area contributed by atoms with Crippen LogP contribution in [0, 0.1) is 0 Å². The van der Waals surface area contributed by atoms with E-state index < -0.39 is 0 Å². The molecule has 0 spiro atoms. The molecule has 0 saturated carbocycles. The second-order valence-electron chi connectivity index (χ2n) is 6.46. The maximum Gasteiger partial charge on any atom is 0.263 e. The van der Waals surface area contributed by atoms with Gasteiger partial charge in [0.1, 0.15) is 4.83 Å². The number of thioether (sulfide) groups is 1. The van der Waals surface area contributed by atoms with Gasteiger partial charge in [0.2, 0.25) is 0 Å². The maximum atomic E-state index is 13.1. The highest BCUT2D eigenvalue weighted by Gasteiger charge is 2.21. The van der Waals surface area contributed by atoms with Gasteiger partial charge in [0.15, 0.2) is 5.16 Å². The van der Waals surface area contributed by atoms with Crippen LogP contribution in [0.15, 0.2) is 46.4 Å². The molecule has 1 aromatic carbocycles. The monoisotopic (exact) mass is 382 g/mol. The van der Waals surface area contributed by atoms with E-state index in [1.54, 1.807) is 23.1 Å². The van der Waals surface area contributed by atoms with E-state index in [1.807, 2.05) is 29.7 Å². The topological polar surface area (TPSA) is 34.9 Å². The molecule has 1 aliphatic carbocycles. The van der Waals surface area contributed by atoms with Gasteiger partial charge in [0.25, 0.3) is 5.56 Å². The number of hydrogen-bond acceptors (Lipinski definition) is 4. The van der Waals surface area contributed by atoms with E-state index in [1.165, 1.54) is 28.8 Å². The van der Waals surface area contributed by atoms with Crippen molar-refractivity contribution < 1.29 is 0 Å². The summed E-state index contributed by atoms with van der Waals surface area (Å²) in [4.78, 5) is 20.2. The average molecular weight is 383 g/mol. The molecule has 0 bridgehead atoms. The van der Waals surface area contributed by atoms with Crippen LogP contribution in [0.3, 0.4) is 0 Å². The number of benzene rings is 1. The van der Waals surface area contributed by atoms with Crippen molar-refractivity contribution in [1.29, 1.82) is 0 Å². The molecule has 0 aliphatic heterocycles. The van der Waals surface area contributed by atoms with Crippen LogP contribution >= 0.6 is 23.1 Å². The molecule has 0 N–H and O–H groups in total. The highest BCUT2D eigenvalue weighted by atomic mass is 32.2. The van der Waals surface area contributed by atoms with Crippen molar-refractivity contribution in [3.63, 3.8) is 0 Å². The first-order valence-electron chi connectivity index (χ1n) is 9.17. The lowest BCUT2D eigenvalue weighted by Gasteiger charge is -2.11. The third-order valence-electron chi connectivity index (χ3n) is 4.77. The molecule has 4 rings (SSSR count). The summed E-state index contributed by atoms with van der Waals surface area (Å²) >= 11 is 3.37. The lowest BCUT2D eigenvalue weighted by atomic mass is 9.97. The van der Waals surface area contributed by atoms with Gasteiger partial charge in [0.05, 0.1) is 5.39 Å². The summed E-state index contributed by atoms with van der Waals surface area (Å²) in [5.41, 5.74) is 2.61. The number of nitrogens with zero attached hydrogens (tertiary/aromatic N) is 2. The Morgan fingerprint density at radius 2 is 2.04 bits per heavy atom. The van der Waals surface area contributed by atoms with Gasteiger partial charge in [-0.3, -0.25) is 9.36 Å². The zero-order valence-electron chi connectivity index (χ0n) is 14.9. The number of thiophene rings is 1. The van der Waals surface area contributed by atoms with E-state index in [-0.39, 0.29) is 5.56 Å². The smallest absolute Gasteiger partial charge is 0.263 e.